The van der Waals surface area contributed by atoms with Crippen molar-refractivity contribution in [3.05, 3.63) is 28.7 Å². The first kappa shape index (κ1) is 15.1. The van der Waals surface area contributed by atoms with Gasteiger partial charge >= 0.3 is 0 Å². The minimum atomic E-state index is -3.92. The molecule has 8 heteroatoms. The third kappa shape index (κ3) is 2.50. The second-order valence-electron chi connectivity index (χ2n) is 4.90. The lowest BCUT2D eigenvalue weighted by atomic mass is 10.0. The lowest BCUT2D eigenvalue weighted by Crippen LogP contribution is -2.65. The summed E-state index contributed by atoms with van der Waals surface area (Å²) in [5.74, 6) is -1.26. The van der Waals surface area contributed by atoms with Crippen molar-refractivity contribution >= 4 is 37.8 Å². The van der Waals surface area contributed by atoms with Crippen LogP contribution in [0.2, 0.25) is 0 Å². The average Bonchev–Trinajstić information content (AvgIpc) is 2.34. The molecule has 2 amide bonds. The normalized spacial score (nSPS) is 19.8. The highest BCUT2D eigenvalue weighted by Crippen LogP contribution is 2.27. The molecule has 0 saturated carbocycles. The minimum Gasteiger partial charge on any atom is -0.294 e. The number of halogens is 1. The molecule has 2 rings (SSSR count). The first-order valence-electron chi connectivity index (χ1n) is 5.78. The fraction of sp³-hybridized carbons (Fsp3) is 0.333. The number of hydrogen-bond donors (Lipinski definition) is 1. The van der Waals surface area contributed by atoms with Crippen LogP contribution in [0.4, 0.5) is 0 Å². The third-order valence-electron chi connectivity index (χ3n) is 3.12. The van der Waals surface area contributed by atoms with Crippen LogP contribution >= 0.6 is 15.9 Å². The van der Waals surface area contributed by atoms with Crippen molar-refractivity contribution in [3.8, 4) is 0 Å². The molecule has 1 N–H and O–H groups in total. The van der Waals surface area contributed by atoms with Crippen LogP contribution in [-0.4, -0.2) is 36.6 Å². The first-order valence-corrected chi connectivity index (χ1v) is 8.02. The van der Waals surface area contributed by atoms with Gasteiger partial charge in [0.25, 0.3) is 0 Å². The Hall–Kier alpha value is -1.25. The van der Waals surface area contributed by atoms with E-state index in [4.69, 9.17) is 0 Å². The minimum absolute atomic E-state index is 0.0382. The lowest BCUT2D eigenvalue weighted by molar-refractivity contribution is -0.141. The number of benzene rings is 1. The molecule has 20 heavy (non-hydrogen) atoms. The third-order valence-corrected chi connectivity index (χ3v) is 5.68. The quantitative estimate of drug-likeness (QED) is 0.793. The largest absolute Gasteiger partial charge is 0.294 e. The van der Waals surface area contributed by atoms with E-state index < -0.39 is 27.4 Å². The van der Waals surface area contributed by atoms with Gasteiger partial charge in [-0.1, -0.05) is 15.9 Å². The van der Waals surface area contributed by atoms with Crippen LogP contribution in [0.1, 0.15) is 13.8 Å². The molecule has 1 fully saturated rings. The first-order chi connectivity index (χ1) is 9.15. The zero-order valence-corrected chi connectivity index (χ0v) is 13.3. The molecule has 1 heterocycles. The van der Waals surface area contributed by atoms with Gasteiger partial charge in [-0.05, 0) is 38.1 Å². The topological polar surface area (TPSA) is 83.6 Å². The van der Waals surface area contributed by atoms with Crippen LogP contribution in [0.5, 0.6) is 0 Å². The fourth-order valence-corrected chi connectivity index (χ4v) is 3.85. The number of nitrogens with one attached hydrogen (secondary N) is 1. The van der Waals surface area contributed by atoms with E-state index >= 15 is 0 Å². The molecule has 0 unspecified atom stereocenters. The van der Waals surface area contributed by atoms with Gasteiger partial charge < -0.3 is 0 Å². The van der Waals surface area contributed by atoms with E-state index in [-0.39, 0.29) is 11.4 Å². The van der Waals surface area contributed by atoms with Gasteiger partial charge in [-0.15, -0.1) is 0 Å². The highest BCUT2D eigenvalue weighted by molar-refractivity contribution is 9.10. The van der Waals surface area contributed by atoms with E-state index in [0.717, 1.165) is 8.78 Å². The Morgan fingerprint density at radius 3 is 2.30 bits per heavy atom. The Kier molecular flexibility index (Phi) is 3.74. The molecule has 1 aliphatic rings. The number of rotatable bonds is 2. The molecular weight excluding hydrogens is 348 g/mol. The van der Waals surface area contributed by atoms with Gasteiger partial charge in [-0.3, -0.25) is 14.9 Å². The van der Waals surface area contributed by atoms with E-state index in [1.54, 1.807) is 12.1 Å². The fourth-order valence-electron chi connectivity index (χ4n) is 1.88. The summed E-state index contributed by atoms with van der Waals surface area (Å²) >= 11 is 3.22. The second kappa shape index (κ2) is 4.94. The number of nitrogens with zero attached hydrogens (tertiary/aromatic N) is 1. The Bertz CT molecular complexity index is 667. The van der Waals surface area contributed by atoms with Crippen molar-refractivity contribution < 1.29 is 18.0 Å². The number of carbonyl (C=O) groups is 2. The number of imide groups is 1. The summed E-state index contributed by atoms with van der Waals surface area (Å²) in [4.78, 5) is 23.3. The molecule has 0 aromatic heterocycles. The summed E-state index contributed by atoms with van der Waals surface area (Å²) in [6.45, 7) is 2.55. The zero-order valence-electron chi connectivity index (χ0n) is 10.9. The van der Waals surface area contributed by atoms with Gasteiger partial charge in [0.05, 0.1) is 11.4 Å². The van der Waals surface area contributed by atoms with Crippen LogP contribution in [0.25, 0.3) is 0 Å². The molecule has 6 nitrogen and oxygen atoms in total. The standard InChI is InChI=1S/C12H13BrN2O4S/c1-12(2)11(17)14-10(16)7-15(12)20(18,19)9-5-3-8(13)4-6-9/h3-6H,7H2,1-2H3,(H,14,16,17). The van der Waals surface area contributed by atoms with Gasteiger partial charge in [0.1, 0.15) is 5.54 Å². The summed E-state index contributed by atoms with van der Waals surface area (Å²) in [5, 5.41) is 2.14. The maximum atomic E-state index is 12.6. The smallest absolute Gasteiger partial charge is 0.247 e. The number of piperazine rings is 1. The van der Waals surface area contributed by atoms with Gasteiger partial charge in [-0.25, -0.2) is 8.42 Å². The number of carbonyl (C=O) groups excluding carboxylic acids is 2. The predicted molar refractivity (Wildman–Crippen MR) is 75.3 cm³/mol. The van der Waals surface area contributed by atoms with Crippen LogP contribution in [0, 0.1) is 0 Å². The van der Waals surface area contributed by atoms with Gasteiger partial charge in [0.2, 0.25) is 21.8 Å². The summed E-state index contributed by atoms with van der Waals surface area (Å²) in [6.07, 6.45) is 0. The Morgan fingerprint density at radius 1 is 1.20 bits per heavy atom. The van der Waals surface area contributed by atoms with E-state index in [9.17, 15) is 18.0 Å². The number of sulfonamides is 1. The molecule has 0 atom stereocenters. The van der Waals surface area contributed by atoms with Crippen molar-refractivity contribution in [2.45, 2.75) is 24.3 Å². The van der Waals surface area contributed by atoms with Crippen molar-refractivity contribution in [3.63, 3.8) is 0 Å². The molecule has 0 radical (unpaired) electrons. The molecule has 0 aliphatic carbocycles. The molecule has 1 aliphatic heterocycles. The summed E-state index contributed by atoms with van der Waals surface area (Å²) in [6, 6.07) is 6.02. The van der Waals surface area contributed by atoms with Crippen molar-refractivity contribution in [1.82, 2.24) is 9.62 Å². The highest BCUT2D eigenvalue weighted by Gasteiger charge is 2.47. The average molecular weight is 361 g/mol. The molecule has 0 spiro atoms. The SMILES string of the molecule is CC1(C)C(=O)NC(=O)CN1S(=O)(=O)c1ccc(Br)cc1. The van der Waals surface area contributed by atoms with E-state index in [1.165, 1.54) is 26.0 Å². The second-order valence-corrected chi connectivity index (χ2v) is 7.68. The Labute approximate surface area is 125 Å². The van der Waals surface area contributed by atoms with Crippen LogP contribution < -0.4 is 5.32 Å². The molecule has 1 aromatic rings. The van der Waals surface area contributed by atoms with Crippen LogP contribution in [-0.2, 0) is 19.6 Å². The Morgan fingerprint density at radius 2 is 1.75 bits per heavy atom. The molecule has 1 aromatic carbocycles. The summed E-state index contributed by atoms with van der Waals surface area (Å²) < 4.78 is 26.8. The highest BCUT2D eigenvalue weighted by atomic mass is 79.9. The van der Waals surface area contributed by atoms with Crippen LogP contribution in [0.3, 0.4) is 0 Å². The summed E-state index contributed by atoms with van der Waals surface area (Å²) in [7, 11) is -3.92. The maximum Gasteiger partial charge on any atom is 0.247 e. The number of amides is 2. The van der Waals surface area contributed by atoms with E-state index in [0.29, 0.717) is 0 Å². The maximum absolute atomic E-state index is 12.6. The summed E-state index contributed by atoms with van der Waals surface area (Å²) in [5.41, 5.74) is -1.32. The molecule has 0 bridgehead atoms. The molecule has 108 valence electrons. The van der Waals surface area contributed by atoms with Crippen molar-refractivity contribution in [2.75, 3.05) is 6.54 Å². The number of hydrogen-bond acceptors (Lipinski definition) is 4. The van der Waals surface area contributed by atoms with Crippen LogP contribution in [0.15, 0.2) is 33.6 Å². The monoisotopic (exact) mass is 360 g/mol. The predicted octanol–water partition coefficient (Wildman–Crippen LogP) is 0.875. The lowest BCUT2D eigenvalue weighted by Gasteiger charge is -2.38. The van der Waals surface area contributed by atoms with Gasteiger partial charge in [0.15, 0.2) is 0 Å². The Balaban J connectivity index is 2.49. The van der Waals surface area contributed by atoms with Crippen molar-refractivity contribution in [2.24, 2.45) is 0 Å². The van der Waals surface area contributed by atoms with E-state index in [1.807, 2.05) is 0 Å². The molecular formula is C12H13BrN2O4S. The van der Waals surface area contributed by atoms with Gasteiger partial charge in [0, 0.05) is 4.47 Å². The van der Waals surface area contributed by atoms with E-state index in [2.05, 4.69) is 21.2 Å². The zero-order chi connectivity index (χ0) is 15.1. The molecule has 1 saturated heterocycles. The van der Waals surface area contributed by atoms with Gasteiger partial charge in [-0.2, -0.15) is 4.31 Å². The van der Waals surface area contributed by atoms with Crippen molar-refractivity contribution in [1.29, 1.82) is 0 Å².